The largest absolute Gasteiger partial charge is 0.465 e. The molecule has 1 aliphatic heterocycles. The maximum atomic E-state index is 13.2. The van der Waals surface area contributed by atoms with Gasteiger partial charge in [0.25, 0.3) is 0 Å². The fraction of sp³-hybridized carbons (Fsp3) is 0.680. The Morgan fingerprint density at radius 3 is 2.30 bits per heavy atom. The number of ether oxygens (including phenoxy) is 1. The van der Waals surface area contributed by atoms with Gasteiger partial charge in [-0.05, 0) is 40.0 Å². The highest BCUT2D eigenvalue weighted by atomic mass is 16.5. The van der Waals surface area contributed by atoms with E-state index >= 15 is 0 Å². The molecule has 2 rings (SSSR count). The Morgan fingerprint density at radius 2 is 1.80 bits per heavy atom. The predicted molar refractivity (Wildman–Crippen MR) is 126 cm³/mol. The van der Waals surface area contributed by atoms with E-state index in [0.717, 1.165) is 37.8 Å². The van der Waals surface area contributed by atoms with E-state index in [4.69, 9.17) is 4.74 Å². The van der Waals surface area contributed by atoms with Gasteiger partial charge < -0.3 is 15.0 Å². The number of piperazine rings is 1. The van der Waals surface area contributed by atoms with Crippen LogP contribution in [0.1, 0.15) is 79.6 Å². The zero-order valence-electron chi connectivity index (χ0n) is 20.0. The monoisotopic (exact) mass is 420 g/mol. The van der Waals surface area contributed by atoms with Gasteiger partial charge in [0, 0.05) is 6.54 Å². The summed E-state index contributed by atoms with van der Waals surface area (Å²) in [6.45, 7) is 17.9. The Hall–Kier alpha value is -1.88. The number of nitrogens with zero attached hydrogens (tertiary/aromatic N) is 1. The van der Waals surface area contributed by atoms with Crippen LogP contribution in [0.2, 0.25) is 0 Å². The minimum absolute atomic E-state index is 0.0259. The molecule has 1 amide bonds. The molecular formula is C25H44N2O3. The molecule has 1 aliphatic carbocycles. The van der Waals surface area contributed by atoms with Crippen molar-refractivity contribution in [2.45, 2.75) is 91.1 Å². The van der Waals surface area contributed by atoms with Crippen LogP contribution in [0.5, 0.6) is 0 Å². The van der Waals surface area contributed by atoms with Crippen molar-refractivity contribution in [3.8, 4) is 0 Å². The number of hydrogen-bond donors (Lipinski definition) is 1. The van der Waals surface area contributed by atoms with Crippen LogP contribution in [0.15, 0.2) is 37.0 Å². The van der Waals surface area contributed by atoms with Crippen molar-refractivity contribution < 1.29 is 14.3 Å². The average Bonchev–Trinajstić information content (AvgIpc) is 2.96. The second-order valence-electron chi connectivity index (χ2n) is 7.66. The lowest BCUT2D eigenvalue weighted by Crippen LogP contribution is -2.68. The van der Waals surface area contributed by atoms with Gasteiger partial charge in [-0.3, -0.25) is 9.59 Å². The van der Waals surface area contributed by atoms with E-state index in [-0.39, 0.29) is 30.0 Å². The molecule has 0 aromatic carbocycles. The Kier molecular flexibility index (Phi) is 14.9. The maximum Gasteiger partial charge on any atom is 0.325 e. The van der Waals surface area contributed by atoms with Crippen molar-refractivity contribution in [2.75, 3.05) is 19.7 Å². The van der Waals surface area contributed by atoms with E-state index < -0.39 is 0 Å². The third kappa shape index (κ3) is 8.86. The summed E-state index contributed by atoms with van der Waals surface area (Å²) in [4.78, 5) is 27.2. The van der Waals surface area contributed by atoms with Gasteiger partial charge in [-0.15, -0.1) is 6.58 Å². The van der Waals surface area contributed by atoms with Gasteiger partial charge >= 0.3 is 5.97 Å². The molecule has 1 unspecified atom stereocenters. The van der Waals surface area contributed by atoms with E-state index in [1.165, 1.54) is 12.8 Å². The van der Waals surface area contributed by atoms with Crippen LogP contribution in [0, 0.1) is 0 Å². The van der Waals surface area contributed by atoms with E-state index in [9.17, 15) is 9.59 Å². The molecule has 1 heterocycles. The summed E-state index contributed by atoms with van der Waals surface area (Å²) in [6, 6.07) is -0.278. The minimum Gasteiger partial charge on any atom is -0.465 e. The molecule has 0 bridgehead atoms. The summed E-state index contributed by atoms with van der Waals surface area (Å²) in [5, 5.41) is 3.46. The molecule has 2 aliphatic rings. The van der Waals surface area contributed by atoms with Gasteiger partial charge in [0.15, 0.2) is 0 Å². The van der Waals surface area contributed by atoms with Crippen molar-refractivity contribution >= 4 is 11.9 Å². The first kappa shape index (κ1) is 28.1. The number of allylic oxidation sites excluding steroid dienone is 3. The Morgan fingerprint density at radius 1 is 1.23 bits per heavy atom. The van der Waals surface area contributed by atoms with Gasteiger partial charge in [0.05, 0.1) is 18.2 Å². The topological polar surface area (TPSA) is 58.6 Å². The molecule has 1 spiro atoms. The van der Waals surface area contributed by atoms with Crippen molar-refractivity contribution in [2.24, 2.45) is 0 Å². The summed E-state index contributed by atoms with van der Waals surface area (Å²) in [6.07, 6.45) is 12.6. The van der Waals surface area contributed by atoms with Gasteiger partial charge in [-0.2, -0.15) is 0 Å². The van der Waals surface area contributed by atoms with Crippen LogP contribution < -0.4 is 5.32 Å². The fourth-order valence-electron chi connectivity index (χ4n) is 4.08. The number of nitrogens with one attached hydrogen (secondary N) is 1. The molecule has 1 saturated heterocycles. The zero-order chi connectivity index (χ0) is 23.0. The van der Waals surface area contributed by atoms with Crippen LogP contribution >= 0.6 is 0 Å². The van der Waals surface area contributed by atoms with Crippen LogP contribution in [-0.2, 0) is 14.3 Å². The fourth-order valence-corrected chi connectivity index (χ4v) is 4.08. The molecule has 172 valence electrons. The number of amides is 1. The average molecular weight is 421 g/mol. The summed E-state index contributed by atoms with van der Waals surface area (Å²) in [5.74, 6) is -0.281. The summed E-state index contributed by atoms with van der Waals surface area (Å²) in [7, 11) is 0. The number of hydrogen-bond acceptors (Lipinski definition) is 4. The highest BCUT2D eigenvalue weighted by molar-refractivity contribution is 5.87. The molecule has 5 heteroatoms. The maximum absolute atomic E-state index is 13.2. The molecule has 2 fully saturated rings. The molecule has 1 saturated carbocycles. The van der Waals surface area contributed by atoms with Crippen molar-refractivity contribution in [3.63, 3.8) is 0 Å². The second-order valence-corrected chi connectivity index (χ2v) is 7.66. The van der Waals surface area contributed by atoms with Crippen LogP contribution in [0.4, 0.5) is 0 Å². The molecule has 1 N–H and O–H groups in total. The minimum atomic E-state index is -0.307. The third-order valence-corrected chi connectivity index (χ3v) is 5.37. The number of carbonyl (C=O) groups is 2. The molecule has 0 aromatic heterocycles. The smallest absolute Gasteiger partial charge is 0.325 e. The lowest BCUT2D eigenvalue weighted by Gasteiger charge is -2.49. The lowest BCUT2D eigenvalue weighted by atomic mass is 9.84. The van der Waals surface area contributed by atoms with Crippen molar-refractivity contribution in [1.29, 1.82) is 0 Å². The van der Waals surface area contributed by atoms with E-state index in [1.807, 2.05) is 38.7 Å². The Bertz CT molecular complexity index is 561. The van der Waals surface area contributed by atoms with Crippen LogP contribution in [0.3, 0.4) is 0 Å². The zero-order valence-corrected chi connectivity index (χ0v) is 20.0. The number of rotatable bonds is 6. The number of esters is 1. The molecule has 0 aromatic rings. The van der Waals surface area contributed by atoms with Crippen LogP contribution in [-0.4, -0.2) is 48.1 Å². The first-order chi connectivity index (χ1) is 14.4. The van der Waals surface area contributed by atoms with E-state index in [1.54, 1.807) is 19.1 Å². The van der Waals surface area contributed by atoms with Crippen molar-refractivity contribution in [1.82, 2.24) is 10.2 Å². The predicted octanol–water partition coefficient (Wildman–Crippen LogP) is 5.18. The van der Waals surface area contributed by atoms with Gasteiger partial charge in [-0.1, -0.05) is 69.9 Å². The SMILES string of the molecule is C=C/C=C(\C)CC1NCC2(CCCCCC2)N(CC(=O)OCC)C1=O.C=CC.CC. The first-order valence-electron chi connectivity index (χ1n) is 11.5. The highest BCUT2D eigenvalue weighted by Crippen LogP contribution is 2.35. The lowest BCUT2D eigenvalue weighted by molar-refractivity contribution is -0.157. The third-order valence-electron chi connectivity index (χ3n) is 5.37. The summed E-state index contributed by atoms with van der Waals surface area (Å²) in [5.41, 5.74) is 0.862. The highest BCUT2D eigenvalue weighted by Gasteiger charge is 2.46. The molecule has 30 heavy (non-hydrogen) atoms. The molecule has 1 atom stereocenters. The van der Waals surface area contributed by atoms with Gasteiger partial charge in [0.1, 0.15) is 6.54 Å². The first-order valence-corrected chi connectivity index (χ1v) is 11.5. The normalized spacial score (nSPS) is 20.7. The standard InChI is InChI=1S/C20H32N2O3.C3H6.C2H6/c1-4-10-16(3)13-17-19(24)22(14-18(23)25-5-2)20(15-21-17)11-8-6-7-9-12-20;1-3-2;1-2/h4,10,17,21H,1,5-9,11-15H2,2-3H3;3H,1H2,2H3;1-2H3/b16-10+;;. The quantitative estimate of drug-likeness (QED) is 0.365. The van der Waals surface area contributed by atoms with Gasteiger partial charge in [-0.25, -0.2) is 0 Å². The molecular weight excluding hydrogens is 376 g/mol. The van der Waals surface area contributed by atoms with Crippen molar-refractivity contribution in [3.05, 3.63) is 37.0 Å². The Labute approximate surface area is 184 Å². The number of carbonyl (C=O) groups excluding carboxylic acids is 2. The summed E-state index contributed by atoms with van der Waals surface area (Å²) >= 11 is 0. The van der Waals surface area contributed by atoms with Crippen LogP contribution in [0.25, 0.3) is 0 Å². The second kappa shape index (κ2) is 15.9. The molecule has 5 nitrogen and oxygen atoms in total. The Balaban J connectivity index is 0.00000154. The summed E-state index contributed by atoms with van der Waals surface area (Å²) < 4.78 is 5.14. The molecule has 0 radical (unpaired) electrons. The van der Waals surface area contributed by atoms with Gasteiger partial charge in [0.2, 0.25) is 5.91 Å². The van der Waals surface area contributed by atoms with E-state index in [0.29, 0.717) is 13.0 Å². The van der Waals surface area contributed by atoms with E-state index in [2.05, 4.69) is 18.5 Å².